The number of carboxylic acids is 1. The zero-order valence-electron chi connectivity index (χ0n) is 9.58. The minimum absolute atomic E-state index is 0.273. The van der Waals surface area contributed by atoms with Crippen LogP contribution >= 0.6 is 11.3 Å². The first-order valence-corrected chi connectivity index (χ1v) is 6.32. The lowest BCUT2D eigenvalue weighted by Crippen LogP contribution is -2.31. The van der Waals surface area contributed by atoms with Crippen molar-refractivity contribution in [3.63, 3.8) is 0 Å². The van der Waals surface area contributed by atoms with Crippen LogP contribution < -0.4 is 10.5 Å². The Kier molecular flexibility index (Phi) is 3.96. The van der Waals surface area contributed by atoms with E-state index in [1.807, 2.05) is 41.8 Å². The molecule has 0 bridgehead atoms. The molecule has 5 heteroatoms. The summed E-state index contributed by atoms with van der Waals surface area (Å²) < 4.78 is 5.69. The van der Waals surface area contributed by atoms with Gasteiger partial charge < -0.3 is 15.6 Å². The van der Waals surface area contributed by atoms with Gasteiger partial charge in [-0.1, -0.05) is 18.2 Å². The maximum absolute atomic E-state index is 10.7. The van der Waals surface area contributed by atoms with Crippen molar-refractivity contribution in [1.29, 1.82) is 0 Å². The van der Waals surface area contributed by atoms with E-state index >= 15 is 0 Å². The number of hydrogen-bond acceptors (Lipinski definition) is 4. The highest BCUT2D eigenvalue weighted by Crippen LogP contribution is 2.30. The maximum Gasteiger partial charge on any atom is 0.320 e. The predicted octanol–water partition coefficient (Wildman–Crippen LogP) is 2.49. The van der Waals surface area contributed by atoms with Crippen LogP contribution in [0.25, 0.3) is 0 Å². The molecule has 18 heavy (non-hydrogen) atoms. The van der Waals surface area contributed by atoms with Crippen LogP contribution in [0, 0.1) is 0 Å². The van der Waals surface area contributed by atoms with Crippen LogP contribution in [-0.2, 0) is 11.2 Å². The summed E-state index contributed by atoms with van der Waals surface area (Å²) in [4.78, 5) is 11.6. The van der Waals surface area contributed by atoms with Crippen LogP contribution in [0.1, 0.15) is 4.88 Å². The molecule has 0 aliphatic heterocycles. The van der Waals surface area contributed by atoms with E-state index in [1.54, 1.807) is 0 Å². The minimum atomic E-state index is -1.01. The molecule has 1 atom stereocenters. The molecule has 4 nitrogen and oxygen atoms in total. The summed E-state index contributed by atoms with van der Waals surface area (Å²) in [6.07, 6.45) is 0.273. The summed E-state index contributed by atoms with van der Waals surface area (Å²) in [6.45, 7) is 0. The first-order valence-electron chi connectivity index (χ1n) is 5.44. The van der Waals surface area contributed by atoms with Gasteiger partial charge in [-0.3, -0.25) is 4.79 Å². The number of para-hydroxylation sites is 1. The monoisotopic (exact) mass is 263 g/mol. The second kappa shape index (κ2) is 5.66. The van der Waals surface area contributed by atoms with Gasteiger partial charge in [-0.15, -0.1) is 11.3 Å². The lowest BCUT2D eigenvalue weighted by atomic mass is 10.2. The van der Waals surface area contributed by atoms with Crippen molar-refractivity contribution in [2.75, 3.05) is 0 Å². The zero-order valence-corrected chi connectivity index (χ0v) is 10.4. The fourth-order valence-corrected chi connectivity index (χ4v) is 2.33. The van der Waals surface area contributed by atoms with Gasteiger partial charge in [0, 0.05) is 11.3 Å². The molecule has 3 N–H and O–H groups in total. The van der Waals surface area contributed by atoms with Gasteiger partial charge in [-0.25, -0.2) is 0 Å². The molecular weight excluding hydrogens is 250 g/mol. The number of carboxylic acid groups (broad SMARTS) is 1. The highest BCUT2D eigenvalue weighted by Gasteiger charge is 2.16. The number of benzene rings is 1. The fraction of sp³-hybridized carbons (Fsp3) is 0.154. The smallest absolute Gasteiger partial charge is 0.320 e. The highest BCUT2D eigenvalue weighted by atomic mass is 32.1. The Labute approximate surface area is 109 Å². The Morgan fingerprint density at radius 2 is 2.06 bits per heavy atom. The zero-order chi connectivity index (χ0) is 13.0. The molecule has 0 saturated carbocycles. The van der Waals surface area contributed by atoms with Gasteiger partial charge in [0.05, 0.1) is 0 Å². The molecule has 1 heterocycles. The number of nitrogens with two attached hydrogens (primary N) is 1. The summed E-state index contributed by atoms with van der Waals surface area (Å²) in [6, 6.07) is 10.3. The van der Waals surface area contributed by atoms with Crippen LogP contribution in [-0.4, -0.2) is 17.1 Å². The number of hydrogen-bond donors (Lipinski definition) is 2. The molecule has 0 aliphatic carbocycles. The van der Waals surface area contributed by atoms with E-state index in [2.05, 4.69) is 0 Å². The minimum Gasteiger partial charge on any atom is -0.480 e. The van der Waals surface area contributed by atoms with Crippen LogP contribution in [0.5, 0.6) is 11.5 Å². The van der Waals surface area contributed by atoms with Crippen LogP contribution in [0.15, 0.2) is 41.8 Å². The summed E-state index contributed by atoms with van der Waals surface area (Å²) in [7, 11) is 0. The SMILES string of the molecule is NC(Cc1sccc1Oc1ccccc1)C(=O)O. The van der Waals surface area contributed by atoms with Gasteiger partial charge in [0.2, 0.25) is 0 Å². The van der Waals surface area contributed by atoms with E-state index < -0.39 is 12.0 Å². The van der Waals surface area contributed by atoms with Gasteiger partial charge in [0.1, 0.15) is 17.5 Å². The topological polar surface area (TPSA) is 72.5 Å². The Hall–Kier alpha value is -1.85. The number of aliphatic carboxylic acids is 1. The standard InChI is InChI=1S/C13H13NO3S/c14-10(13(15)16)8-12-11(6-7-18-12)17-9-4-2-1-3-5-9/h1-7,10H,8,14H2,(H,15,16). The second-order valence-corrected chi connectivity index (χ2v) is 4.77. The molecule has 0 spiro atoms. The highest BCUT2D eigenvalue weighted by molar-refractivity contribution is 7.10. The van der Waals surface area contributed by atoms with Crippen molar-refractivity contribution >= 4 is 17.3 Å². The average Bonchev–Trinajstić information content (AvgIpc) is 2.78. The summed E-state index contributed by atoms with van der Waals surface area (Å²) in [5.74, 6) is 0.387. The fourth-order valence-electron chi connectivity index (χ4n) is 1.47. The molecule has 0 amide bonds. The molecule has 0 saturated heterocycles. The summed E-state index contributed by atoms with van der Waals surface area (Å²) in [5.41, 5.74) is 5.52. The lowest BCUT2D eigenvalue weighted by Gasteiger charge is -2.08. The van der Waals surface area contributed by atoms with E-state index in [0.717, 1.165) is 10.6 Å². The van der Waals surface area contributed by atoms with Crippen molar-refractivity contribution in [3.05, 3.63) is 46.7 Å². The molecule has 0 fully saturated rings. The predicted molar refractivity (Wildman–Crippen MR) is 70.2 cm³/mol. The normalized spacial score (nSPS) is 12.1. The molecule has 2 rings (SSSR count). The molecule has 1 aromatic heterocycles. The van der Waals surface area contributed by atoms with Gasteiger partial charge >= 0.3 is 5.97 Å². The molecule has 1 aromatic carbocycles. The van der Waals surface area contributed by atoms with E-state index in [1.165, 1.54) is 11.3 Å². The van der Waals surface area contributed by atoms with Crippen LogP contribution in [0.4, 0.5) is 0 Å². The maximum atomic E-state index is 10.7. The quantitative estimate of drug-likeness (QED) is 0.869. The molecular formula is C13H13NO3S. The summed E-state index contributed by atoms with van der Waals surface area (Å²) >= 11 is 1.45. The van der Waals surface area contributed by atoms with Crippen LogP contribution in [0.2, 0.25) is 0 Å². The van der Waals surface area contributed by atoms with E-state index in [0.29, 0.717) is 5.75 Å². The van der Waals surface area contributed by atoms with Crippen molar-refractivity contribution in [2.45, 2.75) is 12.5 Å². The average molecular weight is 263 g/mol. The number of carbonyl (C=O) groups is 1. The Morgan fingerprint density at radius 3 is 2.72 bits per heavy atom. The van der Waals surface area contributed by atoms with E-state index in [-0.39, 0.29) is 6.42 Å². The largest absolute Gasteiger partial charge is 0.480 e. The Bertz CT molecular complexity index is 524. The molecule has 2 aromatic rings. The van der Waals surface area contributed by atoms with Gasteiger partial charge in [-0.2, -0.15) is 0 Å². The third-order valence-electron chi connectivity index (χ3n) is 2.40. The van der Waals surface area contributed by atoms with Crippen molar-refractivity contribution in [1.82, 2.24) is 0 Å². The van der Waals surface area contributed by atoms with E-state index in [4.69, 9.17) is 15.6 Å². The van der Waals surface area contributed by atoms with Crippen LogP contribution in [0.3, 0.4) is 0 Å². The Morgan fingerprint density at radius 1 is 1.33 bits per heavy atom. The first-order chi connectivity index (χ1) is 8.66. The van der Waals surface area contributed by atoms with Crippen molar-refractivity contribution < 1.29 is 14.6 Å². The van der Waals surface area contributed by atoms with Crippen molar-refractivity contribution in [2.24, 2.45) is 5.73 Å². The van der Waals surface area contributed by atoms with E-state index in [9.17, 15) is 4.79 Å². The molecule has 1 unspecified atom stereocenters. The Balaban J connectivity index is 2.11. The molecule has 94 valence electrons. The third-order valence-corrected chi connectivity index (χ3v) is 3.32. The number of ether oxygens (including phenoxy) is 1. The van der Waals surface area contributed by atoms with Gasteiger partial charge in [0.15, 0.2) is 0 Å². The molecule has 0 radical (unpaired) electrons. The summed E-state index contributed by atoms with van der Waals surface area (Å²) in [5, 5.41) is 10.7. The number of rotatable bonds is 5. The number of thiophene rings is 1. The lowest BCUT2D eigenvalue weighted by molar-refractivity contribution is -0.138. The van der Waals surface area contributed by atoms with Crippen molar-refractivity contribution in [3.8, 4) is 11.5 Å². The molecule has 0 aliphatic rings. The first kappa shape index (κ1) is 12.6. The van der Waals surface area contributed by atoms with Gasteiger partial charge in [-0.05, 0) is 23.6 Å². The second-order valence-electron chi connectivity index (χ2n) is 3.77. The van der Waals surface area contributed by atoms with Gasteiger partial charge in [0.25, 0.3) is 0 Å². The third kappa shape index (κ3) is 3.09.